The van der Waals surface area contributed by atoms with Crippen molar-refractivity contribution in [1.29, 1.82) is 0 Å². The van der Waals surface area contributed by atoms with Crippen LogP contribution < -0.4 is 0 Å². The Kier molecular flexibility index (Phi) is 6.68. The number of amides is 1. The topological polar surface area (TPSA) is 54.3 Å². The summed E-state index contributed by atoms with van der Waals surface area (Å²) in [5.74, 6) is 0.248. The Labute approximate surface area is 163 Å². The van der Waals surface area contributed by atoms with Gasteiger partial charge in [-0.2, -0.15) is 0 Å². The second-order valence-corrected chi connectivity index (χ2v) is 8.77. The molecule has 0 aromatic carbocycles. The predicted molar refractivity (Wildman–Crippen MR) is 107 cm³/mol. The van der Waals surface area contributed by atoms with Gasteiger partial charge < -0.3 is 14.4 Å². The zero-order valence-electron chi connectivity index (χ0n) is 17.3. The number of hydrogen-bond acceptors (Lipinski definition) is 4. The molecular formula is C21H35N5O. The summed E-state index contributed by atoms with van der Waals surface area (Å²) in [6, 6.07) is 0. The molecule has 2 heterocycles. The molecule has 0 radical (unpaired) electrons. The van der Waals surface area contributed by atoms with E-state index in [9.17, 15) is 4.79 Å². The molecule has 0 unspecified atom stereocenters. The van der Waals surface area contributed by atoms with Crippen molar-refractivity contribution in [1.82, 2.24) is 24.6 Å². The Morgan fingerprint density at radius 3 is 2.59 bits per heavy atom. The van der Waals surface area contributed by atoms with E-state index >= 15 is 0 Å². The SMILES string of the molecule is CC1=C(CCN2CCCN(C(=O)CCn3cnnc3)CC2)C(C)(C)CCC1. The molecule has 0 N–H and O–H groups in total. The summed E-state index contributed by atoms with van der Waals surface area (Å²) in [7, 11) is 0. The van der Waals surface area contributed by atoms with Crippen molar-refractivity contribution in [3.05, 3.63) is 23.8 Å². The van der Waals surface area contributed by atoms with Crippen LogP contribution in [0.1, 0.15) is 59.3 Å². The van der Waals surface area contributed by atoms with Crippen LogP contribution in [0.4, 0.5) is 0 Å². The molecule has 1 fully saturated rings. The van der Waals surface area contributed by atoms with Gasteiger partial charge in [-0.05, 0) is 51.0 Å². The molecule has 0 atom stereocenters. The maximum absolute atomic E-state index is 12.5. The highest BCUT2D eigenvalue weighted by Gasteiger charge is 2.28. The minimum atomic E-state index is 0.248. The van der Waals surface area contributed by atoms with Crippen LogP contribution in [-0.2, 0) is 11.3 Å². The molecule has 0 saturated carbocycles. The van der Waals surface area contributed by atoms with Crippen molar-refractivity contribution < 1.29 is 4.79 Å². The van der Waals surface area contributed by atoms with Crippen molar-refractivity contribution in [2.45, 2.75) is 65.8 Å². The maximum atomic E-state index is 12.5. The van der Waals surface area contributed by atoms with Gasteiger partial charge in [0.1, 0.15) is 12.7 Å². The average Bonchev–Trinajstić information content (AvgIpc) is 3.03. The molecule has 1 saturated heterocycles. The standard InChI is InChI=1S/C21H35N5O/c1-18-6-4-9-21(2,3)19(18)7-12-24-10-5-11-26(15-14-24)20(27)8-13-25-16-22-23-17-25/h16-17H,4-15H2,1-3H3. The number of carbonyl (C=O) groups excluding carboxylic acids is 1. The maximum Gasteiger partial charge on any atom is 0.224 e. The predicted octanol–water partition coefficient (Wildman–Crippen LogP) is 3.12. The van der Waals surface area contributed by atoms with Crippen molar-refractivity contribution in [2.75, 3.05) is 32.7 Å². The van der Waals surface area contributed by atoms with Gasteiger partial charge in [-0.25, -0.2) is 0 Å². The first-order chi connectivity index (χ1) is 13.0. The fourth-order valence-electron chi connectivity index (χ4n) is 4.66. The average molecular weight is 374 g/mol. The van der Waals surface area contributed by atoms with Crippen LogP contribution in [-0.4, -0.2) is 63.2 Å². The first kappa shape index (κ1) is 20.1. The van der Waals surface area contributed by atoms with E-state index in [4.69, 9.17) is 0 Å². The third-order valence-corrected chi connectivity index (χ3v) is 6.36. The zero-order chi connectivity index (χ0) is 19.3. The molecule has 3 rings (SSSR count). The number of hydrogen-bond donors (Lipinski definition) is 0. The first-order valence-electron chi connectivity index (χ1n) is 10.5. The van der Waals surface area contributed by atoms with E-state index in [1.807, 2.05) is 9.47 Å². The van der Waals surface area contributed by atoms with E-state index in [0.29, 0.717) is 18.4 Å². The molecule has 1 amide bonds. The second kappa shape index (κ2) is 9.00. The van der Waals surface area contributed by atoms with Gasteiger partial charge in [-0.1, -0.05) is 25.0 Å². The molecular weight excluding hydrogens is 338 g/mol. The lowest BCUT2D eigenvalue weighted by atomic mass is 9.71. The lowest BCUT2D eigenvalue weighted by Gasteiger charge is -2.35. The van der Waals surface area contributed by atoms with E-state index in [1.54, 1.807) is 23.8 Å². The second-order valence-electron chi connectivity index (χ2n) is 8.77. The number of aromatic nitrogens is 3. The fraction of sp³-hybridized carbons (Fsp3) is 0.762. The van der Waals surface area contributed by atoms with E-state index in [0.717, 1.165) is 39.1 Å². The Morgan fingerprint density at radius 2 is 1.85 bits per heavy atom. The Morgan fingerprint density at radius 1 is 1.07 bits per heavy atom. The minimum absolute atomic E-state index is 0.248. The van der Waals surface area contributed by atoms with E-state index in [2.05, 4.69) is 35.9 Å². The zero-order valence-corrected chi connectivity index (χ0v) is 17.3. The van der Waals surface area contributed by atoms with E-state index in [1.165, 1.54) is 25.7 Å². The van der Waals surface area contributed by atoms with Crippen LogP contribution in [0, 0.1) is 5.41 Å². The quantitative estimate of drug-likeness (QED) is 0.719. The third-order valence-electron chi connectivity index (χ3n) is 6.36. The molecule has 150 valence electrons. The summed E-state index contributed by atoms with van der Waals surface area (Å²) in [6.07, 6.45) is 10.0. The number of nitrogens with zero attached hydrogens (tertiary/aromatic N) is 5. The van der Waals surface area contributed by atoms with Crippen LogP contribution in [0.5, 0.6) is 0 Å². The molecule has 6 heteroatoms. The van der Waals surface area contributed by atoms with Gasteiger partial charge >= 0.3 is 0 Å². The first-order valence-corrected chi connectivity index (χ1v) is 10.5. The van der Waals surface area contributed by atoms with Gasteiger partial charge in [0.25, 0.3) is 0 Å². The Bertz CT molecular complexity index is 650. The Hall–Kier alpha value is -1.69. The van der Waals surface area contributed by atoms with Crippen LogP contribution in [0.3, 0.4) is 0 Å². The summed E-state index contributed by atoms with van der Waals surface area (Å²) in [5.41, 5.74) is 3.66. The van der Waals surface area contributed by atoms with Crippen molar-refractivity contribution in [3.63, 3.8) is 0 Å². The molecule has 0 bridgehead atoms. The smallest absolute Gasteiger partial charge is 0.224 e. The molecule has 2 aliphatic rings. The minimum Gasteiger partial charge on any atom is -0.341 e. The van der Waals surface area contributed by atoms with Gasteiger partial charge in [0.05, 0.1) is 0 Å². The fourth-order valence-corrected chi connectivity index (χ4v) is 4.66. The Balaban J connectivity index is 1.46. The largest absolute Gasteiger partial charge is 0.341 e. The molecule has 1 aromatic rings. The van der Waals surface area contributed by atoms with Crippen molar-refractivity contribution >= 4 is 5.91 Å². The van der Waals surface area contributed by atoms with E-state index < -0.39 is 0 Å². The molecule has 27 heavy (non-hydrogen) atoms. The van der Waals surface area contributed by atoms with Gasteiger partial charge in [0, 0.05) is 39.1 Å². The van der Waals surface area contributed by atoms with Gasteiger partial charge in [0.2, 0.25) is 5.91 Å². The molecule has 6 nitrogen and oxygen atoms in total. The third kappa shape index (κ3) is 5.41. The monoisotopic (exact) mass is 373 g/mol. The summed E-state index contributed by atoms with van der Waals surface area (Å²) < 4.78 is 1.87. The summed E-state index contributed by atoms with van der Waals surface area (Å²) in [6.45, 7) is 12.7. The highest BCUT2D eigenvalue weighted by atomic mass is 16.2. The number of rotatable bonds is 6. The molecule has 1 aliphatic heterocycles. The van der Waals surface area contributed by atoms with Crippen molar-refractivity contribution in [3.8, 4) is 0 Å². The summed E-state index contributed by atoms with van der Waals surface area (Å²) in [5, 5.41) is 7.58. The van der Waals surface area contributed by atoms with Crippen LogP contribution >= 0.6 is 0 Å². The lowest BCUT2D eigenvalue weighted by molar-refractivity contribution is -0.131. The van der Waals surface area contributed by atoms with Crippen LogP contribution in [0.2, 0.25) is 0 Å². The normalized spacial score (nSPS) is 21.4. The molecule has 1 aliphatic carbocycles. The molecule has 0 spiro atoms. The number of allylic oxidation sites excluding steroid dienone is 1. The summed E-state index contributed by atoms with van der Waals surface area (Å²) >= 11 is 0. The summed E-state index contributed by atoms with van der Waals surface area (Å²) in [4.78, 5) is 17.1. The number of aryl methyl sites for hydroxylation is 1. The highest BCUT2D eigenvalue weighted by molar-refractivity contribution is 5.76. The molecule has 1 aromatic heterocycles. The van der Waals surface area contributed by atoms with E-state index in [-0.39, 0.29) is 5.91 Å². The number of carbonyl (C=O) groups is 1. The highest BCUT2D eigenvalue weighted by Crippen LogP contribution is 2.41. The van der Waals surface area contributed by atoms with Crippen molar-refractivity contribution in [2.24, 2.45) is 5.41 Å². The van der Waals surface area contributed by atoms with Gasteiger partial charge in [-0.15, -0.1) is 10.2 Å². The van der Waals surface area contributed by atoms with Gasteiger partial charge in [-0.3, -0.25) is 4.79 Å². The van der Waals surface area contributed by atoms with Crippen LogP contribution in [0.15, 0.2) is 23.8 Å². The van der Waals surface area contributed by atoms with Gasteiger partial charge in [0.15, 0.2) is 0 Å². The van der Waals surface area contributed by atoms with Crippen LogP contribution in [0.25, 0.3) is 0 Å². The lowest BCUT2D eigenvalue weighted by Crippen LogP contribution is -2.36.